The maximum absolute atomic E-state index is 13.6. The van der Waals surface area contributed by atoms with Gasteiger partial charge < -0.3 is 10.3 Å². The molecule has 1 saturated heterocycles. The molecule has 1 aliphatic rings. The summed E-state index contributed by atoms with van der Waals surface area (Å²) < 4.78 is 0. The Hall–Kier alpha value is -3.02. The van der Waals surface area contributed by atoms with E-state index in [2.05, 4.69) is 31.3 Å². The number of aromatic amines is 1. The predicted octanol–water partition coefficient (Wildman–Crippen LogP) is 2.43. The number of carbonyl (C=O) groups is 1. The van der Waals surface area contributed by atoms with Crippen LogP contribution in [-0.4, -0.2) is 38.9 Å². The van der Waals surface area contributed by atoms with Crippen molar-refractivity contribution in [1.29, 1.82) is 5.26 Å². The van der Waals surface area contributed by atoms with Crippen LogP contribution >= 0.6 is 11.6 Å². The molecule has 9 heteroatoms. The van der Waals surface area contributed by atoms with Crippen LogP contribution in [0.5, 0.6) is 0 Å². The average Bonchev–Trinajstić information content (AvgIpc) is 3.22. The minimum atomic E-state index is -1.08. The number of piperidine rings is 1. The molecule has 1 amide bonds. The number of nitrogens with one attached hydrogen (secondary N) is 2. The van der Waals surface area contributed by atoms with Crippen molar-refractivity contribution in [1.82, 2.24) is 25.3 Å². The zero-order valence-corrected chi connectivity index (χ0v) is 15.8. The highest BCUT2D eigenvalue weighted by atomic mass is 35.5. The Morgan fingerprint density at radius 2 is 2.07 bits per heavy atom. The van der Waals surface area contributed by atoms with E-state index in [1.54, 1.807) is 23.4 Å². The number of aromatic nitrogens is 4. The van der Waals surface area contributed by atoms with Crippen LogP contribution in [0.2, 0.25) is 5.15 Å². The largest absolute Gasteiger partial charge is 0.346 e. The average molecular weight is 396 g/mol. The van der Waals surface area contributed by atoms with Crippen molar-refractivity contribution in [2.75, 3.05) is 18.0 Å². The first kappa shape index (κ1) is 18.3. The van der Waals surface area contributed by atoms with Crippen LogP contribution in [0, 0.1) is 16.7 Å². The summed E-state index contributed by atoms with van der Waals surface area (Å²) in [5, 5.41) is 14.2. The third kappa shape index (κ3) is 3.30. The molecule has 4 heterocycles. The van der Waals surface area contributed by atoms with Gasteiger partial charge in [-0.15, -0.1) is 0 Å². The van der Waals surface area contributed by atoms with Crippen LogP contribution in [0.3, 0.4) is 0 Å². The normalized spacial score (nSPS) is 15.9. The van der Waals surface area contributed by atoms with E-state index < -0.39 is 5.41 Å². The van der Waals surface area contributed by atoms with Gasteiger partial charge in [-0.05, 0) is 43.6 Å². The Morgan fingerprint density at radius 3 is 2.79 bits per heavy atom. The van der Waals surface area contributed by atoms with Crippen molar-refractivity contribution in [2.24, 2.45) is 5.41 Å². The third-order valence-electron chi connectivity index (χ3n) is 5.04. The first-order valence-corrected chi connectivity index (χ1v) is 9.33. The molecule has 0 atom stereocenters. The third-order valence-corrected chi connectivity index (χ3v) is 5.27. The molecule has 0 radical (unpaired) electrons. The molecule has 0 unspecified atom stereocenters. The Bertz CT molecular complexity index is 1030. The van der Waals surface area contributed by atoms with Crippen molar-refractivity contribution in [3.05, 3.63) is 47.6 Å². The summed E-state index contributed by atoms with van der Waals surface area (Å²) >= 11 is 5.89. The number of amides is 1. The molecule has 1 aliphatic heterocycles. The molecule has 28 heavy (non-hydrogen) atoms. The Labute approximate surface area is 166 Å². The summed E-state index contributed by atoms with van der Waals surface area (Å²) in [6.45, 7) is 1.48. The summed E-state index contributed by atoms with van der Waals surface area (Å²) in [5.41, 5.74) is 0.342. The Morgan fingerprint density at radius 1 is 1.25 bits per heavy atom. The first-order chi connectivity index (χ1) is 13.6. The number of carbonyl (C=O) groups excluding carboxylic acids is 1. The van der Waals surface area contributed by atoms with Gasteiger partial charge >= 0.3 is 0 Å². The summed E-state index contributed by atoms with van der Waals surface area (Å²) in [5.74, 6) is 0.215. The van der Waals surface area contributed by atoms with Gasteiger partial charge in [-0.25, -0.2) is 15.0 Å². The quantitative estimate of drug-likeness (QED) is 0.656. The number of nitriles is 1. The highest BCUT2D eigenvalue weighted by Crippen LogP contribution is 2.34. The topological polar surface area (TPSA) is 111 Å². The number of pyridine rings is 1. The molecule has 0 spiro atoms. The van der Waals surface area contributed by atoms with Crippen LogP contribution in [0.15, 0.2) is 36.9 Å². The number of hydrogen-bond donors (Lipinski definition) is 2. The van der Waals surface area contributed by atoms with E-state index in [-0.39, 0.29) is 12.5 Å². The second kappa shape index (κ2) is 7.54. The highest BCUT2D eigenvalue weighted by molar-refractivity contribution is 6.29. The first-order valence-electron chi connectivity index (χ1n) is 8.95. The van der Waals surface area contributed by atoms with Gasteiger partial charge in [-0.1, -0.05) is 17.7 Å². The van der Waals surface area contributed by atoms with Crippen molar-refractivity contribution in [3.63, 3.8) is 0 Å². The number of nitrogens with zero attached hydrogens (tertiary/aromatic N) is 5. The minimum absolute atomic E-state index is 0.233. The molecule has 1 fully saturated rings. The fourth-order valence-electron chi connectivity index (χ4n) is 3.48. The van der Waals surface area contributed by atoms with Crippen LogP contribution in [-0.2, 0) is 11.3 Å². The molecule has 0 aromatic carbocycles. The zero-order chi connectivity index (χ0) is 19.6. The highest BCUT2D eigenvalue weighted by Gasteiger charge is 2.43. The Balaban J connectivity index is 1.79. The minimum Gasteiger partial charge on any atom is -0.346 e. The van der Waals surface area contributed by atoms with E-state index >= 15 is 0 Å². The van der Waals surface area contributed by atoms with E-state index in [4.69, 9.17) is 11.6 Å². The fourth-order valence-corrected chi connectivity index (χ4v) is 3.60. The number of anilines is 1. The molecule has 3 aromatic heterocycles. The lowest BCUT2D eigenvalue weighted by Gasteiger charge is -2.34. The lowest BCUT2D eigenvalue weighted by molar-refractivity contribution is -0.126. The van der Waals surface area contributed by atoms with E-state index in [9.17, 15) is 10.1 Å². The number of H-pyrrole nitrogens is 1. The number of halogens is 1. The molecule has 0 bridgehead atoms. The number of rotatable bonds is 4. The van der Waals surface area contributed by atoms with Gasteiger partial charge in [-0.2, -0.15) is 5.26 Å². The predicted molar refractivity (Wildman–Crippen MR) is 104 cm³/mol. The molecular formula is C19H18ClN7O. The van der Waals surface area contributed by atoms with Gasteiger partial charge in [0.15, 0.2) is 0 Å². The van der Waals surface area contributed by atoms with Crippen molar-refractivity contribution >= 4 is 34.4 Å². The second-order valence-corrected chi connectivity index (χ2v) is 7.15. The van der Waals surface area contributed by atoms with E-state index in [1.807, 2.05) is 12.1 Å². The molecule has 8 nitrogen and oxygen atoms in total. The smallest absolute Gasteiger partial charge is 0.249 e. The van der Waals surface area contributed by atoms with Gasteiger partial charge in [-0.3, -0.25) is 9.69 Å². The SMILES string of the molecule is N#CC1(C(=O)N(Cc2ccc(Cl)nc2)c2ncnc3[nH]ccc23)CCNCC1. The van der Waals surface area contributed by atoms with E-state index in [1.165, 1.54) is 6.33 Å². The zero-order valence-electron chi connectivity index (χ0n) is 15.0. The fraction of sp³-hybridized carbons (Fsp3) is 0.316. The number of hydrogen-bond acceptors (Lipinski definition) is 6. The summed E-state index contributed by atoms with van der Waals surface area (Å²) in [4.78, 5) is 30.9. The maximum atomic E-state index is 13.6. The van der Waals surface area contributed by atoms with Gasteiger partial charge in [0, 0.05) is 12.4 Å². The monoisotopic (exact) mass is 395 g/mol. The van der Waals surface area contributed by atoms with Crippen molar-refractivity contribution in [2.45, 2.75) is 19.4 Å². The van der Waals surface area contributed by atoms with Gasteiger partial charge in [0.05, 0.1) is 18.0 Å². The standard InChI is InChI=1S/C19H18ClN7O/c20-15-2-1-13(9-24-15)10-27(17-14-3-6-23-16(14)25-12-26-17)18(28)19(11-21)4-7-22-8-5-19/h1-3,6,9,12,22H,4-5,7-8,10H2,(H,23,25,26). The van der Waals surface area contributed by atoms with Crippen molar-refractivity contribution < 1.29 is 4.79 Å². The summed E-state index contributed by atoms with van der Waals surface area (Å²) in [6.07, 6.45) is 5.70. The second-order valence-electron chi connectivity index (χ2n) is 6.76. The van der Waals surface area contributed by atoms with E-state index in [0.29, 0.717) is 42.5 Å². The van der Waals surface area contributed by atoms with Gasteiger partial charge in [0.25, 0.3) is 0 Å². The molecule has 0 aliphatic carbocycles. The maximum Gasteiger partial charge on any atom is 0.249 e. The van der Waals surface area contributed by atoms with Crippen LogP contribution in [0.1, 0.15) is 18.4 Å². The van der Waals surface area contributed by atoms with Gasteiger partial charge in [0.2, 0.25) is 5.91 Å². The Kier molecular flexibility index (Phi) is 4.94. The van der Waals surface area contributed by atoms with Crippen LogP contribution in [0.4, 0.5) is 5.82 Å². The lowest BCUT2D eigenvalue weighted by Crippen LogP contribution is -2.49. The summed E-state index contributed by atoms with van der Waals surface area (Å²) in [7, 11) is 0. The molecule has 3 aromatic rings. The molecule has 142 valence electrons. The molecule has 4 rings (SSSR count). The molecular weight excluding hydrogens is 378 g/mol. The molecule has 0 saturated carbocycles. The summed E-state index contributed by atoms with van der Waals surface area (Å²) in [6, 6.07) is 7.60. The van der Waals surface area contributed by atoms with Crippen LogP contribution in [0.25, 0.3) is 11.0 Å². The van der Waals surface area contributed by atoms with E-state index in [0.717, 1.165) is 10.9 Å². The van der Waals surface area contributed by atoms with Crippen molar-refractivity contribution in [3.8, 4) is 6.07 Å². The van der Waals surface area contributed by atoms with Crippen LogP contribution < -0.4 is 10.2 Å². The molecule has 2 N–H and O–H groups in total. The van der Waals surface area contributed by atoms with Gasteiger partial charge in [0.1, 0.15) is 28.4 Å². The lowest BCUT2D eigenvalue weighted by atomic mass is 9.79. The number of fused-ring (bicyclic) bond motifs is 1.